The Bertz CT molecular complexity index is 1940. The van der Waals surface area contributed by atoms with Crippen molar-refractivity contribution >= 4 is 50.0 Å². The number of fused-ring (bicyclic) bond motifs is 1. The number of hydrogen-bond acceptors (Lipinski definition) is 5. The molecule has 3 aromatic carbocycles. The molecule has 11 heteroatoms. The van der Waals surface area contributed by atoms with Crippen molar-refractivity contribution in [3.63, 3.8) is 0 Å². The molecule has 2 N–H and O–H groups in total. The molecule has 2 aliphatic rings. The van der Waals surface area contributed by atoms with Crippen LogP contribution in [0, 0.1) is 0 Å². The third-order valence-electron chi connectivity index (χ3n) is 8.86. The zero-order valence-electron chi connectivity index (χ0n) is 24.3. The van der Waals surface area contributed by atoms with Crippen molar-refractivity contribution in [2.75, 3.05) is 13.1 Å². The van der Waals surface area contributed by atoms with E-state index in [1.807, 2.05) is 24.3 Å². The number of amides is 1. The molecule has 7 rings (SSSR count). The Labute approximate surface area is 271 Å². The zero-order chi connectivity index (χ0) is 31.3. The van der Waals surface area contributed by atoms with Gasteiger partial charge >= 0.3 is 0 Å². The first-order valence-electron chi connectivity index (χ1n) is 15.0. The van der Waals surface area contributed by atoms with Gasteiger partial charge in [0, 0.05) is 52.2 Å². The van der Waals surface area contributed by atoms with Crippen molar-refractivity contribution in [3.05, 3.63) is 123 Å². The Morgan fingerprint density at radius 1 is 0.822 bits per heavy atom. The van der Waals surface area contributed by atoms with Crippen molar-refractivity contribution in [3.8, 4) is 0 Å². The van der Waals surface area contributed by atoms with E-state index in [2.05, 4.69) is 52.1 Å². The standard InChI is InChI=1S/C34H31Cl2N5O3S/c35-25-6-1-21(2-7-25)32(22-3-8-26(36)9-4-22)24-5-13-30-29(19-24)33(41(39-30)27-10-11-27)23-15-17-40(18-16-23)45(43,44)28-12-14-31(34(37)42)38-20-28/h1-9,12-14,19-20,23,27,32H,10-11,15-18H2,(H2,37,42). The Morgan fingerprint density at radius 2 is 1.42 bits per heavy atom. The van der Waals surface area contributed by atoms with Gasteiger partial charge in [-0.1, -0.05) is 53.5 Å². The SMILES string of the molecule is NC(=O)c1ccc(S(=O)(=O)N2CCC(c3c4cc(C(c5ccc(Cl)cc5)c5ccc(Cl)cc5)ccc4nn3C3CC3)CC2)cn1. The number of rotatable bonds is 8. The summed E-state index contributed by atoms with van der Waals surface area (Å²) >= 11 is 12.5. The first-order chi connectivity index (χ1) is 21.7. The van der Waals surface area contributed by atoms with E-state index < -0.39 is 15.9 Å². The minimum absolute atomic E-state index is 0.0293. The van der Waals surface area contributed by atoms with Crippen LogP contribution in [0.3, 0.4) is 0 Å². The molecule has 1 aliphatic carbocycles. The monoisotopic (exact) mass is 659 g/mol. The van der Waals surface area contributed by atoms with Gasteiger partial charge in [0.2, 0.25) is 10.0 Å². The molecule has 1 aliphatic heterocycles. The molecule has 5 aromatic rings. The number of piperidine rings is 1. The van der Waals surface area contributed by atoms with Crippen LogP contribution in [0.15, 0.2) is 90.0 Å². The molecular formula is C34H31Cl2N5O3S. The van der Waals surface area contributed by atoms with Gasteiger partial charge in [0.05, 0.1) is 11.6 Å². The minimum Gasteiger partial charge on any atom is -0.364 e. The average molecular weight is 661 g/mol. The number of nitrogens with zero attached hydrogens (tertiary/aromatic N) is 4. The molecule has 1 saturated heterocycles. The highest BCUT2D eigenvalue weighted by Crippen LogP contribution is 2.44. The molecule has 8 nitrogen and oxygen atoms in total. The molecule has 0 spiro atoms. The van der Waals surface area contributed by atoms with Crippen LogP contribution in [0.25, 0.3) is 10.9 Å². The molecule has 0 bridgehead atoms. The van der Waals surface area contributed by atoms with Crippen LogP contribution in [0.1, 0.15) is 76.4 Å². The van der Waals surface area contributed by atoms with E-state index in [1.54, 1.807) is 0 Å². The number of hydrogen-bond donors (Lipinski definition) is 1. The Kier molecular flexibility index (Phi) is 7.90. The van der Waals surface area contributed by atoms with Crippen LogP contribution in [0.2, 0.25) is 10.0 Å². The lowest BCUT2D eigenvalue weighted by Gasteiger charge is -2.31. The smallest absolute Gasteiger partial charge is 0.267 e. The highest BCUT2D eigenvalue weighted by molar-refractivity contribution is 7.89. The molecular weight excluding hydrogens is 629 g/mol. The predicted octanol–water partition coefficient (Wildman–Crippen LogP) is 6.92. The van der Waals surface area contributed by atoms with Crippen molar-refractivity contribution in [2.45, 2.75) is 48.5 Å². The fourth-order valence-corrected chi connectivity index (χ4v) is 8.08. The lowest BCUT2D eigenvalue weighted by atomic mass is 9.84. The maximum absolute atomic E-state index is 13.4. The second-order valence-electron chi connectivity index (χ2n) is 11.8. The van der Waals surface area contributed by atoms with Crippen LogP contribution in [0.4, 0.5) is 0 Å². The highest BCUT2D eigenvalue weighted by Gasteiger charge is 2.36. The minimum atomic E-state index is -3.76. The summed E-state index contributed by atoms with van der Waals surface area (Å²) in [5, 5.41) is 7.54. The van der Waals surface area contributed by atoms with Gasteiger partial charge in [0.25, 0.3) is 5.91 Å². The average Bonchev–Trinajstić information content (AvgIpc) is 3.83. The van der Waals surface area contributed by atoms with Crippen molar-refractivity contribution < 1.29 is 13.2 Å². The Morgan fingerprint density at radius 3 is 1.96 bits per heavy atom. The molecule has 0 unspecified atom stereocenters. The van der Waals surface area contributed by atoms with E-state index in [4.69, 9.17) is 34.0 Å². The van der Waals surface area contributed by atoms with Gasteiger partial charge in [-0.3, -0.25) is 9.48 Å². The number of pyridine rings is 1. The number of sulfonamides is 1. The predicted molar refractivity (Wildman–Crippen MR) is 175 cm³/mol. The largest absolute Gasteiger partial charge is 0.364 e. The topological polar surface area (TPSA) is 111 Å². The van der Waals surface area contributed by atoms with E-state index in [-0.39, 0.29) is 22.4 Å². The van der Waals surface area contributed by atoms with Gasteiger partial charge in [-0.2, -0.15) is 9.40 Å². The fourth-order valence-electron chi connectivity index (χ4n) is 6.41. The molecule has 45 heavy (non-hydrogen) atoms. The van der Waals surface area contributed by atoms with Gasteiger partial charge in [0.1, 0.15) is 10.6 Å². The van der Waals surface area contributed by atoms with Crippen molar-refractivity contribution in [1.29, 1.82) is 0 Å². The number of nitrogens with two attached hydrogens (primary N) is 1. The fraction of sp³-hybridized carbons (Fsp3) is 0.265. The van der Waals surface area contributed by atoms with Crippen LogP contribution < -0.4 is 5.73 Å². The van der Waals surface area contributed by atoms with E-state index in [9.17, 15) is 13.2 Å². The van der Waals surface area contributed by atoms with Gasteiger partial charge in [-0.15, -0.1) is 0 Å². The van der Waals surface area contributed by atoms with Gasteiger partial charge in [-0.05, 0) is 90.9 Å². The third-order valence-corrected chi connectivity index (χ3v) is 11.2. The Hall–Kier alpha value is -3.76. The van der Waals surface area contributed by atoms with Gasteiger partial charge in [-0.25, -0.2) is 13.4 Å². The van der Waals surface area contributed by atoms with Gasteiger partial charge < -0.3 is 5.73 Å². The maximum atomic E-state index is 13.4. The van der Waals surface area contributed by atoms with E-state index >= 15 is 0 Å². The van der Waals surface area contributed by atoms with E-state index in [1.165, 1.54) is 28.3 Å². The van der Waals surface area contributed by atoms with Crippen LogP contribution in [-0.4, -0.2) is 46.5 Å². The van der Waals surface area contributed by atoms with Crippen LogP contribution in [0.5, 0.6) is 0 Å². The zero-order valence-corrected chi connectivity index (χ0v) is 26.6. The maximum Gasteiger partial charge on any atom is 0.267 e. The molecule has 2 fully saturated rings. The summed E-state index contributed by atoms with van der Waals surface area (Å²) in [7, 11) is -3.76. The summed E-state index contributed by atoms with van der Waals surface area (Å²) in [6.07, 6.45) is 4.72. The molecule has 230 valence electrons. The second-order valence-corrected chi connectivity index (χ2v) is 14.6. The summed E-state index contributed by atoms with van der Waals surface area (Å²) in [5.74, 6) is -0.588. The highest BCUT2D eigenvalue weighted by atomic mass is 35.5. The number of benzene rings is 3. The molecule has 0 atom stereocenters. The lowest BCUT2D eigenvalue weighted by Crippen LogP contribution is -2.38. The number of primary amides is 1. The number of carbonyl (C=O) groups excluding carboxylic acids is 1. The summed E-state index contributed by atoms with van der Waals surface area (Å²) in [4.78, 5) is 15.4. The van der Waals surface area contributed by atoms with Crippen molar-refractivity contribution in [2.24, 2.45) is 5.73 Å². The van der Waals surface area contributed by atoms with Crippen LogP contribution in [-0.2, 0) is 10.0 Å². The summed E-state index contributed by atoms with van der Waals surface area (Å²) in [6.45, 7) is 0.750. The first kappa shape index (κ1) is 29.9. The molecule has 0 radical (unpaired) electrons. The first-order valence-corrected chi connectivity index (χ1v) is 17.2. The summed E-state index contributed by atoms with van der Waals surface area (Å²) in [5.41, 5.74) is 10.8. The normalized spacial score (nSPS) is 16.4. The lowest BCUT2D eigenvalue weighted by molar-refractivity contribution is 0.0995. The molecule has 1 saturated carbocycles. The molecule has 2 aromatic heterocycles. The van der Waals surface area contributed by atoms with Gasteiger partial charge in [0.15, 0.2) is 0 Å². The third kappa shape index (κ3) is 5.86. The summed E-state index contributed by atoms with van der Waals surface area (Å²) < 4.78 is 30.6. The molecule has 1 amide bonds. The summed E-state index contributed by atoms with van der Waals surface area (Å²) in [6, 6.07) is 25.5. The second kappa shape index (κ2) is 11.9. The van der Waals surface area contributed by atoms with E-state index in [0.29, 0.717) is 42.0 Å². The van der Waals surface area contributed by atoms with E-state index in [0.717, 1.165) is 40.4 Å². The number of carbonyl (C=O) groups is 1. The molecule has 3 heterocycles. The number of halogens is 2. The van der Waals surface area contributed by atoms with Crippen molar-refractivity contribution in [1.82, 2.24) is 19.1 Å². The number of aromatic nitrogens is 3. The quantitative estimate of drug-likeness (QED) is 0.182. The Balaban J connectivity index is 1.22. The van der Waals surface area contributed by atoms with Crippen LogP contribution >= 0.6 is 23.2 Å².